The lowest BCUT2D eigenvalue weighted by atomic mass is 9.99. The molecule has 4 aromatic rings. The largest absolute Gasteiger partial charge is 0.384 e. The topological polar surface area (TPSA) is 81.3 Å². The van der Waals surface area contributed by atoms with Crippen LogP contribution in [0.5, 0.6) is 0 Å². The highest BCUT2D eigenvalue weighted by Gasteiger charge is 2.23. The van der Waals surface area contributed by atoms with Gasteiger partial charge in [-0.05, 0) is 46.9 Å². The third-order valence-corrected chi connectivity index (χ3v) is 8.45. The van der Waals surface area contributed by atoms with E-state index in [-0.39, 0.29) is 0 Å². The highest BCUT2D eigenvalue weighted by atomic mass is 32.2. The molecular weight excluding hydrogens is 458 g/mol. The summed E-state index contributed by atoms with van der Waals surface area (Å²) in [5.41, 5.74) is 9.35. The van der Waals surface area contributed by atoms with Crippen LogP contribution in [0.4, 0.5) is 5.69 Å². The van der Waals surface area contributed by atoms with Gasteiger partial charge in [0, 0.05) is 73.9 Å². The Morgan fingerprint density at radius 3 is 2.49 bits per heavy atom. The van der Waals surface area contributed by atoms with Crippen LogP contribution in [0.15, 0.2) is 60.9 Å². The molecule has 2 N–H and O–H groups in total. The van der Waals surface area contributed by atoms with Gasteiger partial charge in [-0.2, -0.15) is 4.31 Å². The number of sulfonamides is 1. The van der Waals surface area contributed by atoms with Crippen molar-refractivity contribution in [2.75, 3.05) is 44.3 Å². The van der Waals surface area contributed by atoms with Crippen LogP contribution in [0.1, 0.15) is 11.1 Å². The third kappa shape index (κ3) is 4.45. The SMILES string of the molecule is CS(=O)(=O)N1CCN(Cc2ccc(-c3cnc4[nH]cc(-c5ccc6c(c5)CCN6)c4c3)cc2)CC1. The minimum atomic E-state index is -3.10. The number of aromatic amines is 1. The average molecular weight is 488 g/mol. The number of nitrogens with one attached hydrogen (secondary N) is 2. The van der Waals surface area contributed by atoms with Gasteiger partial charge in [0.25, 0.3) is 0 Å². The fraction of sp³-hybridized carbons (Fsp3) is 0.296. The van der Waals surface area contributed by atoms with Crippen LogP contribution in [0, 0.1) is 0 Å². The second-order valence-corrected chi connectivity index (χ2v) is 11.5. The predicted molar refractivity (Wildman–Crippen MR) is 141 cm³/mol. The number of pyridine rings is 1. The molecule has 7 nitrogen and oxygen atoms in total. The highest BCUT2D eigenvalue weighted by Crippen LogP contribution is 2.34. The molecule has 180 valence electrons. The molecule has 0 amide bonds. The first kappa shape index (κ1) is 22.3. The number of benzene rings is 2. The number of anilines is 1. The minimum absolute atomic E-state index is 0.558. The van der Waals surface area contributed by atoms with Crippen molar-refractivity contribution in [3.8, 4) is 22.3 Å². The molecule has 0 bridgehead atoms. The summed E-state index contributed by atoms with van der Waals surface area (Å²) < 4.78 is 25.0. The summed E-state index contributed by atoms with van der Waals surface area (Å²) in [7, 11) is -3.10. The van der Waals surface area contributed by atoms with Crippen molar-refractivity contribution >= 4 is 26.7 Å². The van der Waals surface area contributed by atoms with E-state index >= 15 is 0 Å². The van der Waals surface area contributed by atoms with E-state index in [2.05, 4.69) is 74.9 Å². The molecule has 0 unspecified atom stereocenters. The van der Waals surface area contributed by atoms with Crippen molar-refractivity contribution in [3.63, 3.8) is 0 Å². The van der Waals surface area contributed by atoms with Gasteiger partial charge >= 0.3 is 0 Å². The van der Waals surface area contributed by atoms with Crippen LogP contribution in [-0.4, -0.2) is 66.6 Å². The summed E-state index contributed by atoms with van der Waals surface area (Å²) in [4.78, 5) is 10.3. The molecule has 6 rings (SSSR count). The number of hydrogen-bond donors (Lipinski definition) is 2. The van der Waals surface area contributed by atoms with E-state index in [0.29, 0.717) is 13.1 Å². The molecular formula is C27H29N5O2S. The fourth-order valence-electron chi connectivity index (χ4n) is 5.15. The Labute approximate surface area is 205 Å². The summed E-state index contributed by atoms with van der Waals surface area (Å²) >= 11 is 0. The summed E-state index contributed by atoms with van der Waals surface area (Å²) in [6.45, 7) is 4.45. The van der Waals surface area contributed by atoms with Crippen molar-refractivity contribution in [1.29, 1.82) is 0 Å². The molecule has 1 saturated heterocycles. The van der Waals surface area contributed by atoms with Crippen molar-refractivity contribution < 1.29 is 8.42 Å². The van der Waals surface area contributed by atoms with Gasteiger partial charge in [-0.25, -0.2) is 13.4 Å². The number of rotatable bonds is 5. The number of nitrogens with zero attached hydrogens (tertiary/aromatic N) is 3. The molecule has 2 aliphatic heterocycles. The first-order valence-corrected chi connectivity index (χ1v) is 13.9. The van der Waals surface area contributed by atoms with Gasteiger partial charge in [0.05, 0.1) is 6.26 Å². The number of hydrogen-bond acceptors (Lipinski definition) is 5. The predicted octanol–water partition coefficient (Wildman–Crippen LogP) is 3.94. The van der Waals surface area contributed by atoms with Crippen LogP contribution in [0.3, 0.4) is 0 Å². The van der Waals surface area contributed by atoms with E-state index in [0.717, 1.165) is 54.8 Å². The van der Waals surface area contributed by atoms with Crippen LogP contribution in [0.2, 0.25) is 0 Å². The van der Waals surface area contributed by atoms with Gasteiger partial charge in [0.15, 0.2) is 0 Å². The zero-order chi connectivity index (χ0) is 24.0. The van der Waals surface area contributed by atoms with Gasteiger partial charge in [-0.15, -0.1) is 0 Å². The lowest BCUT2D eigenvalue weighted by Gasteiger charge is -2.33. The summed E-state index contributed by atoms with van der Waals surface area (Å²) in [5, 5.41) is 4.56. The Morgan fingerprint density at radius 2 is 1.71 bits per heavy atom. The molecule has 4 heterocycles. The Kier molecular flexibility index (Phi) is 5.59. The maximum Gasteiger partial charge on any atom is 0.211 e. The quantitative estimate of drug-likeness (QED) is 0.446. The van der Waals surface area contributed by atoms with Crippen molar-refractivity contribution in [2.24, 2.45) is 0 Å². The van der Waals surface area contributed by atoms with E-state index in [1.165, 1.54) is 34.2 Å². The smallest absolute Gasteiger partial charge is 0.211 e. The van der Waals surface area contributed by atoms with Crippen molar-refractivity contribution in [1.82, 2.24) is 19.2 Å². The summed E-state index contributed by atoms with van der Waals surface area (Å²) in [6, 6.07) is 17.5. The number of piperazine rings is 1. The molecule has 2 aromatic heterocycles. The first-order valence-electron chi connectivity index (χ1n) is 12.1. The maximum absolute atomic E-state index is 11.7. The molecule has 8 heteroatoms. The van der Waals surface area contributed by atoms with E-state index in [1.54, 1.807) is 4.31 Å². The second-order valence-electron chi connectivity index (χ2n) is 9.51. The first-order chi connectivity index (χ1) is 16.9. The van der Waals surface area contributed by atoms with Crippen molar-refractivity contribution in [2.45, 2.75) is 13.0 Å². The normalized spacial score (nSPS) is 16.9. The highest BCUT2D eigenvalue weighted by molar-refractivity contribution is 7.88. The van der Waals surface area contributed by atoms with Crippen molar-refractivity contribution in [3.05, 3.63) is 72.1 Å². The van der Waals surface area contributed by atoms with Gasteiger partial charge < -0.3 is 10.3 Å². The zero-order valence-corrected chi connectivity index (χ0v) is 20.6. The lowest BCUT2D eigenvalue weighted by Crippen LogP contribution is -2.47. The van der Waals surface area contributed by atoms with Crippen LogP contribution in [0.25, 0.3) is 33.3 Å². The number of fused-ring (bicyclic) bond motifs is 2. The van der Waals surface area contributed by atoms with E-state index in [1.807, 2.05) is 6.20 Å². The van der Waals surface area contributed by atoms with E-state index < -0.39 is 10.0 Å². The van der Waals surface area contributed by atoms with E-state index in [9.17, 15) is 8.42 Å². The Bertz CT molecular complexity index is 1490. The molecule has 0 aliphatic carbocycles. The molecule has 1 fully saturated rings. The summed E-state index contributed by atoms with van der Waals surface area (Å²) in [6.07, 6.45) is 6.33. The molecule has 35 heavy (non-hydrogen) atoms. The lowest BCUT2D eigenvalue weighted by molar-refractivity contribution is 0.182. The van der Waals surface area contributed by atoms with Gasteiger partial charge in [0.2, 0.25) is 10.0 Å². The summed E-state index contributed by atoms with van der Waals surface area (Å²) in [5.74, 6) is 0. The van der Waals surface area contributed by atoms with Gasteiger partial charge in [-0.3, -0.25) is 4.90 Å². The molecule has 2 aliphatic rings. The van der Waals surface area contributed by atoms with Gasteiger partial charge in [-0.1, -0.05) is 30.3 Å². The Balaban J connectivity index is 1.20. The number of H-pyrrole nitrogens is 1. The Hall–Kier alpha value is -3.20. The van der Waals surface area contributed by atoms with E-state index in [4.69, 9.17) is 0 Å². The minimum Gasteiger partial charge on any atom is -0.384 e. The molecule has 0 radical (unpaired) electrons. The Morgan fingerprint density at radius 1 is 0.943 bits per heavy atom. The molecule has 2 aromatic carbocycles. The standard InChI is InChI=1S/C27H29N5O2S/c1-35(33,34)32-12-10-31(11-13-32)18-19-2-4-20(5-3-19)23-15-24-25(17-30-27(24)29-16-23)21-6-7-26-22(14-21)8-9-28-26/h2-7,14-17,28H,8-13,18H2,1H3,(H,29,30). The molecule has 0 atom stereocenters. The average Bonchev–Trinajstić information content (AvgIpc) is 3.50. The fourth-order valence-corrected chi connectivity index (χ4v) is 5.98. The monoisotopic (exact) mass is 487 g/mol. The van der Waals surface area contributed by atoms with Gasteiger partial charge in [0.1, 0.15) is 5.65 Å². The number of aromatic nitrogens is 2. The third-order valence-electron chi connectivity index (χ3n) is 7.15. The zero-order valence-electron chi connectivity index (χ0n) is 19.8. The maximum atomic E-state index is 11.7. The molecule has 0 saturated carbocycles. The van der Waals surface area contributed by atoms with Crippen LogP contribution < -0.4 is 5.32 Å². The van der Waals surface area contributed by atoms with Crippen LogP contribution in [-0.2, 0) is 23.0 Å². The molecule has 0 spiro atoms. The van der Waals surface area contributed by atoms with Crippen LogP contribution >= 0.6 is 0 Å². The second kappa shape index (κ2) is 8.78.